The normalized spacial score (nSPS) is 23.5. The Balaban J connectivity index is 0.938. The zero-order valence-corrected chi connectivity index (χ0v) is 43.9. The molecule has 11 aromatic rings. The summed E-state index contributed by atoms with van der Waals surface area (Å²) in [7, 11) is 0. The summed E-state index contributed by atoms with van der Waals surface area (Å²) in [6.45, 7) is 2.32. The van der Waals surface area contributed by atoms with Crippen molar-refractivity contribution in [3.05, 3.63) is 276 Å². The van der Waals surface area contributed by atoms with Crippen LogP contribution in [0.15, 0.2) is 243 Å². The summed E-state index contributed by atoms with van der Waals surface area (Å²) in [6.07, 6.45) is 9.48. The minimum atomic E-state index is -0.104. The molecular formula is C75H62N2. The lowest BCUT2D eigenvalue weighted by atomic mass is 9.37. The summed E-state index contributed by atoms with van der Waals surface area (Å²) in [5, 5.41) is 2.56. The molecular weight excluding hydrogens is 929 g/mol. The molecule has 0 radical (unpaired) electrons. The second-order valence-corrected chi connectivity index (χ2v) is 23.7. The van der Waals surface area contributed by atoms with E-state index in [4.69, 9.17) is 0 Å². The Bertz CT molecular complexity index is 4070. The van der Waals surface area contributed by atoms with E-state index in [0.29, 0.717) is 17.8 Å². The molecule has 6 unspecified atom stereocenters. The molecule has 0 amide bonds. The molecule has 10 aromatic carbocycles. The number of rotatable bonds is 6. The number of hydrogen-bond acceptors (Lipinski definition) is 1. The van der Waals surface area contributed by atoms with E-state index < -0.39 is 0 Å². The Morgan fingerprint density at radius 3 is 1.58 bits per heavy atom. The molecule has 4 bridgehead atoms. The average molecular weight is 991 g/mol. The molecule has 6 atom stereocenters. The van der Waals surface area contributed by atoms with Crippen molar-refractivity contribution in [2.75, 3.05) is 4.90 Å². The average Bonchev–Trinajstić information content (AvgIpc) is 3.93. The van der Waals surface area contributed by atoms with Crippen LogP contribution in [0.5, 0.6) is 0 Å². The van der Waals surface area contributed by atoms with Gasteiger partial charge in [0.05, 0.1) is 11.0 Å². The van der Waals surface area contributed by atoms with Gasteiger partial charge in [-0.1, -0.05) is 188 Å². The number of anilines is 3. The lowest BCUT2D eigenvalue weighted by Crippen LogP contribution is -2.63. The van der Waals surface area contributed by atoms with Crippen LogP contribution >= 0.6 is 0 Å². The van der Waals surface area contributed by atoms with Crippen LogP contribution in [0.1, 0.15) is 96.6 Å². The molecule has 77 heavy (non-hydrogen) atoms. The first kappa shape index (κ1) is 45.0. The molecule has 1 aromatic heterocycles. The van der Waals surface area contributed by atoms with Crippen LogP contribution in [-0.2, 0) is 16.2 Å². The van der Waals surface area contributed by atoms with Gasteiger partial charge < -0.3 is 9.47 Å². The number of aryl methyl sites for hydroxylation is 1. The van der Waals surface area contributed by atoms with Gasteiger partial charge in [-0.25, -0.2) is 0 Å². The predicted molar refractivity (Wildman–Crippen MR) is 320 cm³/mol. The van der Waals surface area contributed by atoms with Crippen LogP contribution in [0.25, 0.3) is 60.9 Å². The van der Waals surface area contributed by atoms with Gasteiger partial charge in [-0.15, -0.1) is 0 Å². The molecule has 372 valence electrons. The van der Waals surface area contributed by atoms with E-state index in [0.717, 1.165) is 23.5 Å². The molecule has 1 heterocycles. The van der Waals surface area contributed by atoms with Gasteiger partial charge >= 0.3 is 0 Å². The minimum Gasteiger partial charge on any atom is -0.310 e. The number of nitrogens with zero attached hydrogens (tertiary/aromatic N) is 2. The van der Waals surface area contributed by atoms with E-state index in [1.807, 2.05) is 0 Å². The lowest BCUT2D eigenvalue weighted by molar-refractivity contribution is -0.0339. The fourth-order valence-corrected chi connectivity index (χ4v) is 17.7. The summed E-state index contributed by atoms with van der Waals surface area (Å²) in [5.41, 5.74) is 24.7. The molecule has 3 saturated carbocycles. The van der Waals surface area contributed by atoms with Crippen molar-refractivity contribution in [1.29, 1.82) is 0 Å². The van der Waals surface area contributed by atoms with E-state index in [9.17, 15) is 0 Å². The highest BCUT2D eigenvalue weighted by atomic mass is 15.1. The Labute approximate surface area is 453 Å². The second-order valence-electron chi connectivity index (χ2n) is 23.7. The quantitative estimate of drug-likeness (QED) is 0.161. The fraction of sp³-hybridized carbons (Fsp3) is 0.200. The molecule has 3 fully saturated rings. The molecule has 0 N–H and O–H groups in total. The standard InChI is InChI=1S/C75H62N2/c1-50-20-5-6-23-57(50)62-28-11-15-32-67(62)73-43-19-44-74-48-52(49-75(72(73)74)47-51(42-45-73)58-24-7-9-26-60(58)63-29-12-16-33-68(63)75)59-25-8-10-27-61(59)66-46-56(40-41-69(66)74)76(53-21-3-2-4-22-53)54-36-38-55(39-37-54)77-70-34-17-13-30-64(70)65-31-14-18-35-71(65)77/h2-18,20-41,46,51-52,72H,19,42-45,47-49H2,1H3. The van der Waals surface area contributed by atoms with Gasteiger partial charge in [0, 0.05) is 49.8 Å². The van der Waals surface area contributed by atoms with E-state index >= 15 is 0 Å². The van der Waals surface area contributed by atoms with Gasteiger partial charge in [-0.05, 0) is 197 Å². The maximum Gasteiger partial charge on any atom is 0.0541 e. The summed E-state index contributed by atoms with van der Waals surface area (Å²) in [6, 6.07) is 93.9. The van der Waals surface area contributed by atoms with Crippen molar-refractivity contribution < 1.29 is 0 Å². The maximum absolute atomic E-state index is 2.66. The first-order valence-electron chi connectivity index (χ1n) is 28.6. The van der Waals surface area contributed by atoms with Crippen LogP contribution in [0.2, 0.25) is 0 Å². The van der Waals surface area contributed by atoms with Crippen LogP contribution < -0.4 is 4.90 Å². The summed E-state index contributed by atoms with van der Waals surface area (Å²) in [5.74, 6) is 1.21. The van der Waals surface area contributed by atoms with Gasteiger partial charge in [-0.3, -0.25) is 0 Å². The van der Waals surface area contributed by atoms with Crippen molar-refractivity contribution in [1.82, 2.24) is 4.57 Å². The molecule has 2 spiro atoms. The zero-order valence-electron chi connectivity index (χ0n) is 43.9. The van der Waals surface area contributed by atoms with Crippen LogP contribution in [0.4, 0.5) is 17.1 Å². The monoisotopic (exact) mass is 990 g/mol. The second kappa shape index (κ2) is 17.2. The van der Waals surface area contributed by atoms with E-state index in [2.05, 4.69) is 259 Å². The van der Waals surface area contributed by atoms with Crippen LogP contribution in [-0.4, -0.2) is 4.57 Å². The van der Waals surface area contributed by atoms with E-state index in [-0.39, 0.29) is 16.2 Å². The number of para-hydroxylation sites is 3. The molecule has 16 rings (SSSR count). The predicted octanol–water partition coefficient (Wildman–Crippen LogP) is 19.6. The fourth-order valence-electron chi connectivity index (χ4n) is 17.7. The third-order valence-corrected chi connectivity index (χ3v) is 20.2. The van der Waals surface area contributed by atoms with Crippen molar-refractivity contribution in [2.24, 2.45) is 5.92 Å². The lowest BCUT2D eigenvalue weighted by Gasteiger charge is -2.66. The Kier molecular flexibility index (Phi) is 10.0. The van der Waals surface area contributed by atoms with Gasteiger partial charge in [0.25, 0.3) is 0 Å². The SMILES string of the molecule is Cc1ccccc1-c1ccccc1C12CCCC34CC(CC5(CC(CC1)c1ccccc1-c1ccccc15)C23)c1ccccc1-c1cc(N(c2ccccc2)c2ccc(-n3c5ccccc5c5ccccc53)cc2)ccc14. The highest BCUT2D eigenvalue weighted by Gasteiger charge is 2.69. The molecule has 0 saturated heterocycles. The van der Waals surface area contributed by atoms with Crippen LogP contribution in [0.3, 0.4) is 0 Å². The molecule has 0 aliphatic heterocycles. The Hall–Kier alpha value is -8.20. The third-order valence-electron chi connectivity index (χ3n) is 20.2. The molecule has 2 heteroatoms. The van der Waals surface area contributed by atoms with Gasteiger partial charge in [0.15, 0.2) is 0 Å². The van der Waals surface area contributed by atoms with Gasteiger partial charge in [0.1, 0.15) is 0 Å². The highest BCUT2D eigenvalue weighted by molar-refractivity contribution is 6.09. The van der Waals surface area contributed by atoms with Crippen molar-refractivity contribution in [2.45, 2.75) is 86.4 Å². The number of fused-ring (bicyclic) bond motifs is 13. The Morgan fingerprint density at radius 2 is 0.870 bits per heavy atom. The maximum atomic E-state index is 2.66. The van der Waals surface area contributed by atoms with E-state index in [1.165, 1.54) is 117 Å². The number of aromatic nitrogens is 1. The largest absolute Gasteiger partial charge is 0.310 e. The zero-order chi connectivity index (χ0) is 50.9. The minimum absolute atomic E-state index is 0.0725. The molecule has 2 nitrogen and oxygen atoms in total. The molecule has 5 aliphatic rings. The first-order chi connectivity index (χ1) is 38.0. The van der Waals surface area contributed by atoms with Crippen molar-refractivity contribution >= 4 is 38.9 Å². The highest BCUT2D eigenvalue weighted by Crippen LogP contribution is 2.75. The number of hydrogen-bond donors (Lipinski definition) is 0. The van der Waals surface area contributed by atoms with Gasteiger partial charge in [-0.2, -0.15) is 0 Å². The summed E-state index contributed by atoms with van der Waals surface area (Å²) >= 11 is 0. The van der Waals surface area contributed by atoms with Crippen molar-refractivity contribution in [3.63, 3.8) is 0 Å². The first-order valence-corrected chi connectivity index (χ1v) is 28.6. The Morgan fingerprint density at radius 1 is 0.377 bits per heavy atom. The van der Waals surface area contributed by atoms with E-state index in [1.54, 1.807) is 22.3 Å². The third kappa shape index (κ3) is 6.48. The van der Waals surface area contributed by atoms with Crippen molar-refractivity contribution in [3.8, 4) is 39.1 Å². The van der Waals surface area contributed by atoms with Crippen LogP contribution in [0, 0.1) is 12.8 Å². The smallest absolute Gasteiger partial charge is 0.0541 e. The number of benzene rings is 10. The summed E-state index contributed by atoms with van der Waals surface area (Å²) in [4.78, 5) is 2.51. The molecule has 5 aliphatic carbocycles. The topological polar surface area (TPSA) is 8.17 Å². The summed E-state index contributed by atoms with van der Waals surface area (Å²) < 4.78 is 2.43. The van der Waals surface area contributed by atoms with Gasteiger partial charge in [0.2, 0.25) is 0 Å².